The summed E-state index contributed by atoms with van der Waals surface area (Å²) < 4.78 is 5.39. The van der Waals surface area contributed by atoms with Crippen LogP contribution in [-0.4, -0.2) is 35.9 Å². The molecule has 1 aliphatic carbocycles. The normalized spacial score (nSPS) is 19.5. The lowest BCUT2D eigenvalue weighted by molar-refractivity contribution is 0.0488. The van der Waals surface area contributed by atoms with Gasteiger partial charge in [0.1, 0.15) is 5.60 Å². The van der Waals surface area contributed by atoms with E-state index in [0.717, 1.165) is 37.6 Å². The minimum absolute atomic E-state index is 0.00538. The molecule has 0 radical (unpaired) electrons. The number of nitrogens with one attached hydrogen (secondary N) is 4. The maximum absolute atomic E-state index is 12.2. The van der Waals surface area contributed by atoms with E-state index in [1.54, 1.807) is 18.2 Å². The highest BCUT2D eigenvalue weighted by atomic mass is 16.6. The standard InChI is InChI=1S/C21H32N6O3/c1-21(2,3)30-20(29)27-17-7-5-4-6-16(17)25-13-8-9-15(19(24)28)18(10-13)26-14(11-22)12-23/h8-12,16-17,22,25-26H,4-7,23H2,1-3H3,(H2,24,28)(H,27,29)/b14-12+,22-11?/t16-,17+/m1/s1. The second-order valence-corrected chi connectivity index (χ2v) is 8.30. The average Bonchev–Trinajstić information content (AvgIpc) is 2.66. The molecule has 164 valence electrons. The van der Waals surface area contributed by atoms with Crippen molar-refractivity contribution in [1.29, 1.82) is 5.41 Å². The molecule has 0 heterocycles. The van der Waals surface area contributed by atoms with Crippen LogP contribution in [0, 0.1) is 5.41 Å². The van der Waals surface area contributed by atoms with Crippen molar-refractivity contribution >= 4 is 29.6 Å². The zero-order chi connectivity index (χ0) is 22.3. The third-order valence-electron chi connectivity index (χ3n) is 4.72. The number of anilines is 2. The van der Waals surface area contributed by atoms with Crippen LogP contribution in [0.3, 0.4) is 0 Å². The predicted octanol–water partition coefficient (Wildman–Crippen LogP) is 2.89. The van der Waals surface area contributed by atoms with Gasteiger partial charge in [0, 0.05) is 24.1 Å². The van der Waals surface area contributed by atoms with Crippen LogP contribution < -0.4 is 27.4 Å². The fourth-order valence-corrected chi connectivity index (χ4v) is 3.38. The zero-order valence-electron chi connectivity index (χ0n) is 17.7. The molecule has 9 nitrogen and oxygen atoms in total. The van der Waals surface area contributed by atoms with Crippen molar-refractivity contribution in [1.82, 2.24) is 5.32 Å². The number of allylic oxidation sites excluding steroid dienone is 1. The van der Waals surface area contributed by atoms with Gasteiger partial charge in [-0.25, -0.2) is 4.79 Å². The predicted molar refractivity (Wildman–Crippen MR) is 119 cm³/mol. The first kappa shape index (κ1) is 23.1. The van der Waals surface area contributed by atoms with Crippen LogP contribution in [0.15, 0.2) is 30.1 Å². The molecule has 0 spiro atoms. The minimum atomic E-state index is -0.590. The Morgan fingerprint density at radius 1 is 1.20 bits per heavy atom. The number of rotatable bonds is 7. The summed E-state index contributed by atoms with van der Waals surface area (Å²) in [6.07, 6.45) is 5.65. The molecule has 0 bridgehead atoms. The Morgan fingerprint density at radius 3 is 2.43 bits per heavy atom. The van der Waals surface area contributed by atoms with E-state index in [1.165, 1.54) is 6.20 Å². The molecule has 2 atom stereocenters. The summed E-state index contributed by atoms with van der Waals surface area (Å²) in [5.41, 5.74) is 12.2. The summed E-state index contributed by atoms with van der Waals surface area (Å²) in [5, 5.41) is 16.7. The second kappa shape index (κ2) is 10.00. The number of carbonyl (C=O) groups excluding carboxylic acids is 2. The van der Waals surface area contributed by atoms with Crippen molar-refractivity contribution in [3.8, 4) is 0 Å². The average molecular weight is 417 g/mol. The minimum Gasteiger partial charge on any atom is -0.444 e. The number of hydrogen-bond acceptors (Lipinski definition) is 7. The lowest BCUT2D eigenvalue weighted by Crippen LogP contribution is -2.49. The number of nitrogens with two attached hydrogens (primary N) is 2. The van der Waals surface area contributed by atoms with Crippen LogP contribution in [0.2, 0.25) is 0 Å². The van der Waals surface area contributed by atoms with Gasteiger partial charge in [0.2, 0.25) is 0 Å². The first-order valence-electron chi connectivity index (χ1n) is 10.0. The van der Waals surface area contributed by atoms with Gasteiger partial charge in [-0.2, -0.15) is 0 Å². The molecule has 0 unspecified atom stereocenters. The molecule has 1 aliphatic rings. The number of primary amides is 1. The molecule has 0 aliphatic heterocycles. The molecule has 30 heavy (non-hydrogen) atoms. The maximum atomic E-state index is 12.2. The van der Waals surface area contributed by atoms with E-state index in [1.807, 2.05) is 20.8 Å². The van der Waals surface area contributed by atoms with E-state index < -0.39 is 17.6 Å². The van der Waals surface area contributed by atoms with Gasteiger partial charge in [-0.3, -0.25) is 4.79 Å². The van der Waals surface area contributed by atoms with Gasteiger partial charge in [0.25, 0.3) is 5.91 Å². The SMILES string of the molecule is CC(C)(C)OC(=O)N[C@H]1CCCC[C@H]1Nc1ccc(C(N)=O)c(N/C(C=N)=C/N)c1. The number of ether oxygens (including phenoxy) is 1. The Labute approximate surface area is 177 Å². The molecule has 0 saturated heterocycles. The number of amides is 2. The van der Waals surface area contributed by atoms with Gasteiger partial charge >= 0.3 is 6.09 Å². The number of hydrogen-bond donors (Lipinski definition) is 6. The quantitative estimate of drug-likeness (QED) is 0.375. The molecule has 1 aromatic carbocycles. The summed E-state index contributed by atoms with van der Waals surface area (Å²) >= 11 is 0. The van der Waals surface area contributed by atoms with Gasteiger partial charge in [-0.1, -0.05) is 12.8 Å². The third-order valence-corrected chi connectivity index (χ3v) is 4.72. The van der Waals surface area contributed by atoms with Gasteiger partial charge < -0.3 is 37.6 Å². The van der Waals surface area contributed by atoms with Crippen molar-refractivity contribution in [3.05, 3.63) is 35.7 Å². The van der Waals surface area contributed by atoms with E-state index in [4.69, 9.17) is 21.6 Å². The van der Waals surface area contributed by atoms with Crippen LogP contribution in [-0.2, 0) is 4.74 Å². The molecule has 8 N–H and O–H groups in total. The molecule has 1 saturated carbocycles. The first-order valence-corrected chi connectivity index (χ1v) is 10.0. The Hall–Kier alpha value is -3.23. The molecule has 0 aromatic heterocycles. The lowest BCUT2D eigenvalue weighted by Gasteiger charge is -2.34. The van der Waals surface area contributed by atoms with Crippen molar-refractivity contribution in [2.24, 2.45) is 11.5 Å². The Balaban J connectivity index is 2.18. The van der Waals surface area contributed by atoms with Gasteiger partial charge in [0.05, 0.1) is 23.0 Å². The van der Waals surface area contributed by atoms with E-state index in [9.17, 15) is 9.59 Å². The largest absolute Gasteiger partial charge is 0.444 e. The molecular weight excluding hydrogens is 384 g/mol. The Kier molecular flexibility index (Phi) is 7.68. The van der Waals surface area contributed by atoms with Crippen molar-refractivity contribution in [3.63, 3.8) is 0 Å². The fourth-order valence-electron chi connectivity index (χ4n) is 3.38. The monoisotopic (exact) mass is 416 g/mol. The third kappa shape index (κ3) is 6.68. The summed E-state index contributed by atoms with van der Waals surface area (Å²) in [4.78, 5) is 24.0. The number of benzene rings is 1. The van der Waals surface area contributed by atoms with Crippen LogP contribution in [0.1, 0.15) is 56.8 Å². The Bertz CT molecular complexity index is 815. The van der Waals surface area contributed by atoms with Gasteiger partial charge in [-0.05, 0) is 51.8 Å². The van der Waals surface area contributed by atoms with Crippen LogP contribution in [0.25, 0.3) is 0 Å². The van der Waals surface area contributed by atoms with Crippen LogP contribution >= 0.6 is 0 Å². The topological polar surface area (TPSA) is 155 Å². The van der Waals surface area contributed by atoms with Crippen molar-refractivity contribution < 1.29 is 14.3 Å². The number of alkyl carbamates (subject to hydrolysis) is 1. The molecule has 2 rings (SSSR count). The van der Waals surface area contributed by atoms with E-state index in [-0.39, 0.29) is 17.6 Å². The maximum Gasteiger partial charge on any atom is 0.407 e. The molecule has 1 aromatic rings. The number of carbonyl (C=O) groups is 2. The van der Waals surface area contributed by atoms with Gasteiger partial charge in [-0.15, -0.1) is 0 Å². The smallest absolute Gasteiger partial charge is 0.407 e. The molecule has 9 heteroatoms. The highest BCUT2D eigenvalue weighted by Crippen LogP contribution is 2.26. The molecular formula is C21H32N6O3. The van der Waals surface area contributed by atoms with Crippen LogP contribution in [0.4, 0.5) is 16.2 Å². The summed E-state index contributed by atoms with van der Waals surface area (Å²) in [5.74, 6) is -0.590. The molecule has 1 fully saturated rings. The van der Waals surface area contributed by atoms with Crippen molar-refractivity contribution in [2.75, 3.05) is 10.6 Å². The van der Waals surface area contributed by atoms with E-state index in [0.29, 0.717) is 11.4 Å². The second-order valence-electron chi connectivity index (χ2n) is 8.30. The first-order chi connectivity index (χ1) is 14.1. The highest BCUT2D eigenvalue weighted by Gasteiger charge is 2.28. The van der Waals surface area contributed by atoms with Gasteiger partial charge in [0.15, 0.2) is 0 Å². The van der Waals surface area contributed by atoms with E-state index >= 15 is 0 Å². The van der Waals surface area contributed by atoms with Crippen LogP contribution in [0.5, 0.6) is 0 Å². The zero-order valence-corrected chi connectivity index (χ0v) is 17.7. The highest BCUT2D eigenvalue weighted by molar-refractivity contribution is 6.00. The lowest BCUT2D eigenvalue weighted by atomic mass is 9.90. The molecule has 2 amide bonds. The fraction of sp³-hybridized carbons (Fsp3) is 0.476. The Morgan fingerprint density at radius 2 is 1.87 bits per heavy atom. The summed E-state index contributed by atoms with van der Waals surface area (Å²) in [7, 11) is 0. The summed E-state index contributed by atoms with van der Waals surface area (Å²) in [6.45, 7) is 5.49. The van der Waals surface area contributed by atoms with Crippen molar-refractivity contribution in [2.45, 2.75) is 64.1 Å². The van der Waals surface area contributed by atoms with E-state index in [2.05, 4.69) is 16.0 Å². The summed E-state index contributed by atoms with van der Waals surface area (Å²) in [6, 6.07) is 5.05.